The molecule has 0 atom stereocenters. The minimum absolute atomic E-state index is 0. The van der Waals surface area contributed by atoms with Crippen LogP contribution in [0.3, 0.4) is 0 Å². The van der Waals surface area contributed by atoms with E-state index in [9.17, 15) is 0 Å². The van der Waals surface area contributed by atoms with Gasteiger partial charge in [-0.1, -0.05) is 0 Å². The Morgan fingerprint density at radius 2 is 1.00 bits per heavy atom. The van der Waals surface area contributed by atoms with Crippen LogP contribution in [0.25, 0.3) is 0 Å². The molecule has 0 aromatic heterocycles. The Balaban J connectivity index is -0.0000000267. The summed E-state index contributed by atoms with van der Waals surface area (Å²) in [6, 6.07) is 0. The summed E-state index contributed by atoms with van der Waals surface area (Å²) in [6.45, 7) is 0. The van der Waals surface area contributed by atoms with Crippen LogP contribution in [-0.4, -0.2) is 28.2 Å². The maximum Gasteiger partial charge on any atom is 1.00 e. The fourth-order valence-electron chi connectivity index (χ4n) is 0. The number of hydrogen-bond donors (Lipinski definition) is 4. The molecule has 43 valence electrons. The standard InChI is InChI=1S/Co.Na.H4O4Si.H/c;;1-5(2,3)4;/h;;1-4H;/q;+1;;-1. The molecule has 0 spiro atoms. The van der Waals surface area contributed by atoms with Crippen LogP contribution in [0.15, 0.2) is 0 Å². The average molecular weight is 179 g/mol. The molecule has 1 radical (unpaired) electrons. The molecule has 0 aromatic carbocycles. The minimum atomic E-state index is -4.61. The summed E-state index contributed by atoms with van der Waals surface area (Å²) >= 11 is 0. The number of rotatable bonds is 0. The van der Waals surface area contributed by atoms with Gasteiger partial charge in [-0.2, -0.15) is 0 Å². The van der Waals surface area contributed by atoms with E-state index in [2.05, 4.69) is 0 Å². The largest absolute Gasteiger partial charge is 1.00 e. The van der Waals surface area contributed by atoms with Crippen molar-refractivity contribution < 1.29 is 66.9 Å². The van der Waals surface area contributed by atoms with Crippen LogP contribution < -0.4 is 29.6 Å². The molecule has 4 nitrogen and oxygen atoms in total. The Labute approximate surface area is 75.6 Å². The number of hydrogen-bond acceptors (Lipinski definition) is 4. The summed E-state index contributed by atoms with van der Waals surface area (Å²) in [5.74, 6) is 0. The fraction of sp³-hybridized carbons (Fsp3) is 0. The Kier molecular flexibility index (Phi) is 12.9. The molecule has 7 heavy (non-hydrogen) atoms. The summed E-state index contributed by atoms with van der Waals surface area (Å²) in [7, 11) is -4.61. The molecule has 0 aromatic rings. The van der Waals surface area contributed by atoms with Crippen molar-refractivity contribution in [3.05, 3.63) is 0 Å². The van der Waals surface area contributed by atoms with Crippen molar-refractivity contribution in [2.45, 2.75) is 0 Å². The SMILES string of the molecule is O[Si](O)(O)O.[Co].[H-].[Na+]. The van der Waals surface area contributed by atoms with Gasteiger partial charge in [0.15, 0.2) is 0 Å². The van der Waals surface area contributed by atoms with Gasteiger partial charge in [0.05, 0.1) is 0 Å². The van der Waals surface area contributed by atoms with Crippen LogP contribution in [0, 0.1) is 0 Å². The smallest absolute Gasteiger partial charge is 1.00 e. The molecule has 0 heterocycles. The van der Waals surface area contributed by atoms with Gasteiger partial charge in [-0.3, -0.25) is 0 Å². The topological polar surface area (TPSA) is 80.9 Å². The molecule has 0 rings (SSSR count). The van der Waals surface area contributed by atoms with Crippen molar-refractivity contribution in [2.24, 2.45) is 0 Å². The van der Waals surface area contributed by atoms with Crippen molar-refractivity contribution in [2.75, 3.05) is 0 Å². The predicted octanol–water partition coefficient (Wildman–Crippen LogP) is -5.49. The summed E-state index contributed by atoms with van der Waals surface area (Å²) in [5.41, 5.74) is 0. The van der Waals surface area contributed by atoms with Crippen LogP contribution in [0.2, 0.25) is 0 Å². The molecule has 0 bridgehead atoms. The van der Waals surface area contributed by atoms with Crippen LogP contribution in [0.5, 0.6) is 0 Å². The molecule has 0 saturated carbocycles. The zero-order valence-corrected chi connectivity index (χ0v) is 7.66. The van der Waals surface area contributed by atoms with Crippen molar-refractivity contribution in [3.8, 4) is 0 Å². The van der Waals surface area contributed by atoms with Crippen molar-refractivity contribution in [1.29, 1.82) is 0 Å². The maximum atomic E-state index is 7.33. The van der Waals surface area contributed by atoms with E-state index in [0.29, 0.717) is 0 Å². The second kappa shape index (κ2) is 5.70. The van der Waals surface area contributed by atoms with E-state index in [1.54, 1.807) is 0 Å². The van der Waals surface area contributed by atoms with E-state index >= 15 is 0 Å². The third-order valence-corrected chi connectivity index (χ3v) is 0. The van der Waals surface area contributed by atoms with Gasteiger partial charge < -0.3 is 20.6 Å². The Bertz CT molecular complexity index is 31.5. The van der Waals surface area contributed by atoms with Crippen LogP contribution in [-0.2, 0) is 16.8 Å². The quantitative estimate of drug-likeness (QED) is 0.280. The summed E-state index contributed by atoms with van der Waals surface area (Å²) in [4.78, 5) is 29.3. The summed E-state index contributed by atoms with van der Waals surface area (Å²) in [5, 5.41) is 0. The zero-order chi connectivity index (χ0) is 4.50. The molecule has 7 heteroatoms. The zero-order valence-electron chi connectivity index (χ0n) is 4.62. The van der Waals surface area contributed by atoms with Crippen molar-refractivity contribution >= 4 is 9.05 Å². The molecule has 0 amide bonds. The Morgan fingerprint density at radius 1 is 1.00 bits per heavy atom. The van der Waals surface area contributed by atoms with Gasteiger partial charge in [0.1, 0.15) is 0 Å². The van der Waals surface area contributed by atoms with Gasteiger partial charge in [0.25, 0.3) is 0 Å². The van der Waals surface area contributed by atoms with Crippen molar-refractivity contribution in [1.82, 2.24) is 0 Å². The monoisotopic (exact) mass is 179 g/mol. The van der Waals surface area contributed by atoms with Gasteiger partial charge >= 0.3 is 38.6 Å². The van der Waals surface area contributed by atoms with E-state index < -0.39 is 9.05 Å². The van der Waals surface area contributed by atoms with Gasteiger partial charge in [-0.25, -0.2) is 0 Å². The van der Waals surface area contributed by atoms with Crippen LogP contribution in [0.4, 0.5) is 0 Å². The predicted molar refractivity (Wildman–Crippen MR) is 15.7 cm³/mol. The van der Waals surface area contributed by atoms with E-state index in [4.69, 9.17) is 19.2 Å². The maximum absolute atomic E-state index is 7.33. The van der Waals surface area contributed by atoms with E-state index in [1.807, 2.05) is 0 Å². The molecule has 0 fully saturated rings. The molecule has 0 saturated heterocycles. The average Bonchev–Trinajstić information content (AvgIpc) is 0.722. The van der Waals surface area contributed by atoms with Gasteiger partial charge in [0, 0.05) is 16.8 Å². The van der Waals surface area contributed by atoms with Gasteiger partial charge in [0.2, 0.25) is 0 Å². The Morgan fingerprint density at radius 3 is 1.00 bits per heavy atom. The summed E-state index contributed by atoms with van der Waals surface area (Å²) < 4.78 is 0. The van der Waals surface area contributed by atoms with Crippen LogP contribution >= 0.6 is 0 Å². The third kappa shape index (κ3) is 95.8. The van der Waals surface area contributed by atoms with E-state index in [-0.39, 0.29) is 47.8 Å². The fourth-order valence-corrected chi connectivity index (χ4v) is 0. The minimum Gasteiger partial charge on any atom is -1.00 e. The summed E-state index contributed by atoms with van der Waals surface area (Å²) in [6.07, 6.45) is 0. The first kappa shape index (κ1) is 15.8. The molecular weight excluding hydrogens is 174 g/mol. The molecule has 0 unspecified atom stereocenters. The second-order valence-electron chi connectivity index (χ2n) is 0.600. The molecule has 4 N–H and O–H groups in total. The van der Waals surface area contributed by atoms with E-state index in [0.717, 1.165) is 0 Å². The first-order valence-corrected chi connectivity index (χ1v) is 2.68. The van der Waals surface area contributed by atoms with Gasteiger partial charge in [-0.05, 0) is 0 Å². The third-order valence-electron chi connectivity index (χ3n) is 0. The molecule has 0 aliphatic carbocycles. The normalized spacial score (nSPS) is 8.57. The van der Waals surface area contributed by atoms with E-state index in [1.165, 1.54) is 0 Å². The van der Waals surface area contributed by atoms with Gasteiger partial charge in [-0.15, -0.1) is 0 Å². The molecule has 0 aliphatic rings. The molecular formula is H5CoNaO4Si. The second-order valence-corrected chi connectivity index (χ2v) is 1.80. The first-order valence-electron chi connectivity index (χ1n) is 0.894. The first-order chi connectivity index (χ1) is 2.00. The Hall–Kier alpha value is 1.56. The molecule has 0 aliphatic heterocycles. The van der Waals surface area contributed by atoms with Crippen molar-refractivity contribution in [3.63, 3.8) is 0 Å². The van der Waals surface area contributed by atoms with Crippen LogP contribution in [0.1, 0.15) is 1.43 Å².